The van der Waals surface area contributed by atoms with Crippen LogP contribution in [0.3, 0.4) is 0 Å². The predicted molar refractivity (Wildman–Crippen MR) is 96.2 cm³/mol. The van der Waals surface area contributed by atoms with Gasteiger partial charge in [-0.25, -0.2) is 4.79 Å². The van der Waals surface area contributed by atoms with Crippen LogP contribution in [-0.4, -0.2) is 16.2 Å². The van der Waals surface area contributed by atoms with Gasteiger partial charge in [0, 0.05) is 19.3 Å². The summed E-state index contributed by atoms with van der Waals surface area (Å²) in [6, 6.07) is 1.92. The molecule has 2 aromatic rings. The lowest BCUT2D eigenvalue weighted by Gasteiger charge is -2.02. The lowest BCUT2D eigenvalue weighted by Crippen LogP contribution is -2.21. The molecule has 0 spiro atoms. The van der Waals surface area contributed by atoms with E-state index in [0.717, 1.165) is 37.0 Å². The minimum Gasteiger partial charge on any atom is -0.440 e. The first kappa shape index (κ1) is 18.7. The van der Waals surface area contributed by atoms with E-state index in [1.54, 1.807) is 4.57 Å². The lowest BCUT2D eigenvalue weighted by atomic mass is 10.1. The van der Waals surface area contributed by atoms with Crippen LogP contribution in [0.5, 0.6) is 0 Å². The maximum atomic E-state index is 11.9. The van der Waals surface area contributed by atoms with Crippen molar-refractivity contribution >= 4 is 11.1 Å². The molecule has 0 bridgehead atoms. The molecule has 0 aliphatic carbocycles. The molecule has 134 valence electrons. The summed E-state index contributed by atoms with van der Waals surface area (Å²) in [5.41, 5.74) is 0.163. The van der Waals surface area contributed by atoms with Gasteiger partial charge in [0.2, 0.25) is 5.71 Å². The average molecular weight is 334 g/mol. The second-order valence-corrected chi connectivity index (χ2v) is 6.36. The van der Waals surface area contributed by atoms with Crippen LogP contribution in [0.15, 0.2) is 21.5 Å². The number of fused-ring (bicyclic) bond motifs is 1. The zero-order valence-electron chi connectivity index (χ0n) is 15.1. The Balaban J connectivity index is 1.79. The zero-order chi connectivity index (χ0) is 17.2. The summed E-state index contributed by atoms with van der Waals surface area (Å²) in [4.78, 5) is 15.9. The first-order valence-corrected chi connectivity index (χ1v) is 9.32. The first-order chi connectivity index (χ1) is 11.7. The van der Waals surface area contributed by atoms with E-state index in [4.69, 9.17) is 9.15 Å². The number of furan rings is 1. The number of nitrogens with zero attached hydrogens (tertiary/aromatic N) is 2. The Kier molecular flexibility index (Phi) is 8.02. The van der Waals surface area contributed by atoms with E-state index >= 15 is 0 Å². The maximum Gasteiger partial charge on any atom is 0.350 e. The van der Waals surface area contributed by atoms with E-state index in [1.807, 2.05) is 12.3 Å². The Morgan fingerprint density at radius 3 is 2.62 bits per heavy atom. The fourth-order valence-electron chi connectivity index (χ4n) is 2.72. The molecular formula is C19H30N2O3. The largest absolute Gasteiger partial charge is 0.440 e. The third kappa shape index (κ3) is 5.78. The molecule has 0 aliphatic heterocycles. The Morgan fingerprint density at radius 1 is 1.08 bits per heavy atom. The Hall–Kier alpha value is -1.62. The highest BCUT2D eigenvalue weighted by Gasteiger charge is 2.08. The molecule has 5 nitrogen and oxygen atoms in total. The van der Waals surface area contributed by atoms with Crippen molar-refractivity contribution in [1.82, 2.24) is 9.55 Å². The van der Waals surface area contributed by atoms with Crippen LogP contribution in [0.2, 0.25) is 0 Å². The second kappa shape index (κ2) is 10.3. The van der Waals surface area contributed by atoms with Crippen molar-refractivity contribution < 1.29 is 9.15 Å². The highest BCUT2D eigenvalue weighted by molar-refractivity contribution is 5.72. The summed E-state index contributed by atoms with van der Waals surface area (Å²) in [6.07, 6.45) is 11.4. The van der Waals surface area contributed by atoms with E-state index in [2.05, 4.69) is 18.8 Å². The third-order valence-electron chi connectivity index (χ3n) is 4.17. The summed E-state index contributed by atoms with van der Waals surface area (Å²) in [6.45, 7) is 6.22. The molecule has 24 heavy (non-hydrogen) atoms. The van der Waals surface area contributed by atoms with Gasteiger partial charge in [-0.2, -0.15) is 4.98 Å². The zero-order valence-corrected chi connectivity index (χ0v) is 15.1. The minimum atomic E-state index is -0.246. The van der Waals surface area contributed by atoms with Crippen molar-refractivity contribution in [1.29, 1.82) is 0 Å². The van der Waals surface area contributed by atoms with Crippen LogP contribution in [0.25, 0.3) is 11.1 Å². The van der Waals surface area contributed by atoms with E-state index in [0.29, 0.717) is 18.9 Å². The van der Waals surface area contributed by atoms with E-state index < -0.39 is 0 Å². The topological polar surface area (TPSA) is 57.3 Å². The molecule has 0 radical (unpaired) electrons. The van der Waals surface area contributed by atoms with Crippen LogP contribution < -0.4 is 5.69 Å². The number of hydrogen-bond acceptors (Lipinski definition) is 4. The molecular weight excluding hydrogens is 304 g/mol. The summed E-state index contributed by atoms with van der Waals surface area (Å²) in [5, 5.41) is 0.865. The standard InChI is InChI=1S/C19H30N2O3/c1-3-5-7-8-9-10-12-23-15-17-13-16-14-21(11-6-4-2)19(22)20-18(16)24-17/h13-14H,3-12,15H2,1-2H3. The van der Waals surface area contributed by atoms with Gasteiger partial charge in [-0.1, -0.05) is 52.4 Å². The van der Waals surface area contributed by atoms with Gasteiger partial charge in [0.05, 0.1) is 5.39 Å². The molecule has 0 N–H and O–H groups in total. The average Bonchev–Trinajstić information content (AvgIpc) is 2.96. The Labute approximate surface area is 144 Å². The van der Waals surface area contributed by atoms with Crippen LogP contribution in [0, 0.1) is 0 Å². The molecule has 0 saturated carbocycles. The van der Waals surface area contributed by atoms with Gasteiger partial charge in [-0.3, -0.25) is 4.57 Å². The lowest BCUT2D eigenvalue weighted by molar-refractivity contribution is 0.103. The van der Waals surface area contributed by atoms with Crippen molar-refractivity contribution in [2.45, 2.75) is 78.4 Å². The number of rotatable bonds is 12. The third-order valence-corrected chi connectivity index (χ3v) is 4.17. The number of hydrogen-bond donors (Lipinski definition) is 0. The number of ether oxygens (including phenoxy) is 1. The van der Waals surface area contributed by atoms with E-state index in [1.165, 1.54) is 32.1 Å². The molecule has 0 unspecified atom stereocenters. The highest BCUT2D eigenvalue weighted by Crippen LogP contribution is 2.16. The molecule has 0 atom stereocenters. The molecule has 2 rings (SSSR count). The fourth-order valence-corrected chi connectivity index (χ4v) is 2.72. The normalized spacial score (nSPS) is 11.4. The quantitative estimate of drug-likeness (QED) is 0.529. The summed E-state index contributed by atoms with van der Waals surface area (Å²) < 4.78 is 12.9. The molecule has 0 amide bonds. The van der Waals surface area contributed by atoms with Crippen molar-refractivity contribution in [2.24, 2.45) is 0 Å². The Morgan fingerprint density at radius 2 is 1.83 bits per heavy atom. The maximum absolute atomic E-state index is 11.9. The minimum absolute atomic E-state index is 0.246. The molecule has 0 fully saturated rings. The molecule has 2 aromatic heterocycles. The SMILES string of the molecule is CCCCCCCCOCc1cc2cn(CCCC)c(=O)nc2o1. The van der Waals surface area contributed by atoms with E-state index in [-0.39, 0.29) is 5.69 Å². The summed E-state index contributed by atoms with van der Waals surface area (Å²) in [7, 11) is 0. The fraction of sp³-hybridized carbons (Fsp3) is 0.684. The smallest absolute Gasteiger partial charge is 0.350 e. The van der Waals surface area contributed by atoms with Gasteiger partial charge in [-0.05, 0) is 18.9 Å². The van der Waals surface area contributed by atoms with Crippen LogP contribution in [0.4, 0.5) is 0 Å². The Bertz CT molecular complexity index is 660. The van der Waals surface area contributed by atoms with Gasteiger partial charge in [0.15, 0.2) is 0 Å². The van der Waals surface area contributed by atoms with Crippen LogP contribution in [-0.2, 0) is 17.9 Å². The van der Waals surface area contributed by atoms with Gasteiger partial charge in [-0.15, -0.1) is 0 Å². The van der Waals surface area contributed by atoms with Crippen molar-refractivity contribution in [3.05, 3.63) is 28.5 Å². The highest BCUT2D eigenvalue weighted by atomic mass is 16.5. The first-order valence-electron chi connectivity index (χ1n) is 9.32. The van der Waals surface area contributed by atoms with Gasteiger partial charge < -0.3 is 9.15 Å². The van der Waals surface area contributed by atoms with Crippen molar-refractivity contribution in [3.8, 4) is 0 Å². The molecule has 5 heteroatoms. The van der Waals surface area contributed by atoms with Gasteiger partial charge in [0.1, 0.15) is 12.4 Å². The van der Waals surface area contributed by atoms with Crippen molar-refractivity contribution in [2.75, 3.05) is 6.61 Å². The van der Waals surface area contributed by atoms with Crippen molar-refractivity contribution in [3.63, 3.8) is 0 Å². The summed E-state index contributed by atoms with van der Waals surface area (Å²) in [5.74, 6) is 0.733. The molecule has 2 heterocycles. The van der Waals surface area contributed by atoms with Gasteiger partial charge >= 0.3 is 5.69 Å². The summed E-state index contributed by atoms with van der Waals surface area (Å²) >= 11 is 0. The molecule has 0 aliphatic rings. The van der Waals surface area contributed by atoms with E-state index in [9.17, 15) is 4.79 Å². The number of unbranched alkanes of at least 4 members (excludes halogenated alkanes) is 6. The predicted octanol–water partition coefficient (Wildman–Crippen LogP) is 4.67. The second-order valence-electron chi connectivity index (χ2n) is 6.36. The van der Waals surface area contributed by atoms with Crippen LogP contribution in [0.1, 0.15) is 71.0 Å². The molecule has 0 aromatic carbocycles. The number of aryl methyl sites for hydroxylation is 1. The molecule has 0 saturated heterocycles. The monoisotopic (exact) mass is 334 g/mol. The number of aromatic nitrogens is 2. The van der Waals surface area contributed by atoms with Gasteiger partial charge in [0.25, 0.3) is 0 Å². The van der Waals surface area contributed by atoms with Crippen LogP contribution >= 0.6 is 0 Å².